The zero-order valence-electron chi connectivity index (χ0n) is 16.5. The van der Waals surface area contributed by atoms with Gasteiger partial charge in [0, 0.05) is 51.7 Å². The minimum absolute atomic E-state index is 0.277. The number of nitrogen functional groups attached to an aromatic ring is 2. The van der Waals surface area contributed by atoms with Gasteiger partial charge in [-0.05, 0) is 48.4 Å². The molecule has 0 unspecified atom stereocenters. The van der Waals surface area contributed by atoms with Crippen LogP contribution in [0.5, 0.6) is 0 Å². The predicted molar refractivity (Wildman–Crippen MR) is 121 cm³/mol. The summed E-state index contributed by atoms with van der Waals surface area (Å²) in [7, 11) is 0. The maximum atomic E-state index is 5.92. The van der Waals surface area contributed by atoms with Crippen molar-refractivity contribution in [3.8, 4) is 33.8 Å². The van der Waals surface area contributed by atoms with Crippen molar-refractivity contribution in [2.45, 2.75) is 13.3 Å². The molecule has 0 aliphatic heterocycles. The highest BCUT2D eigenvalue weighted by Gasteiger charge is 2.13. The van der Waals surface area contributed by atoms with Crippen LogP contribution in [-0.4, -0.2) is 24.9 Å². The highest BCUT2D eigenvalue weighted by Crippen LogP contribution is 2.31. The number of aryl methyl sites for hydroxylation is 1. The molecule has 30 heavy (non-hydrogen) atoms. The van der Waals surface area contributed by atoms with Gasteiger partial charge in [-0.1, -0.05) is 19.1 Å². The lowest BCUT2D eigenvalue weighted by molar-refractivity contribution is 1.01. The Morgan fingerprint density at radius 3 is 2.57 bits per heavy atom. The molecule has 0 saturated carbocycles. The Morgan fingerprint density at radius 1 is 0.933 bits per heavy atom. The summed E-state index contributed by atoms with van der Waals surface area (Å²) in [6.07, 6.45) is 4.56. The van der Waals surface area contributed by atoms with Crippen LogP contribution in [0.15, 0.2) is 60.9 Å². The third kappa shape index (κ3) is 3.16. The van der Waals surface area contributed by atoms with E-state index in [0.29, 0.717) is 0 Å². The molecular weight excluding hydrogens is 374 g/mol. The summed E-state index contributed by atoms with van der Waals surface area (Å²) in [5.41, 5.74) is 20.0. The van der Waals surface area contributed by atoms with Gasteiger partial charge in [0.2, 0.25) is 5.95 Å². The zero-order valence-corrected chi connectivity index (χ0v) is 16.5. The van der Waals surface area contributed by atoms with E-state index in [1.807, 2.05) is 61.8 Å². The van der Waals surface area contributed by atoms with Gasteiger partial charge in [-0.3, -0.25) is 0 Å². The minimum atomic E-state index is 0.277. The molecule has 5 aromatic rings. The fraction of sp³-hybridized carbons (Fsp3) is 0.0870. The number of aromatic amines is 2. The first-order valence-electron chi connectivity index (χ1n) is 9.77. The summed E-state index contributed by atoms with van der Waals surface area (Å²) in [5.74, 6) is 0.277. The molecule has 7 nitrogen and oxygen atoms in total. The maximum absolute atomic E-state index is 5.92. The molecule has 0 amide bonds. The number of fused-ring (bicyclic) bond motifs is 1. The Morgan fingerprint density at radius 2 is 1.77 bits per heavy atom. The van der Waals surface area contributed by atoms with Gasteiger partial charge >= 0.3 is 0 Å². The van der Waals surface area contributed by atoms with Gasteiger partial charge in [0.25, 0.3) is 0 Å². The molecule has 7 heteroatoms. The third-order valence-corrected chi connectivity index (χ3v) is 5.16. The van der Waals surface area contributed by atoms with Gasteiger partial charge < -0.3 is 21.4 Å². The summed E-state index contributed by atoms with van der Waals surface area (Å²) in [6, 6.07) is 16.0. The quantitative estimate of drug-likeness (QED) is 0.336. The van der Waals surface area contributed by atoms with Gasteiger partial charge in [0.05, 0.1) is 5.69 Å². The van der Waals surface area contributed by atoms with Crippen LogP contribution in [0.4, 0.5) is 11.6 Å². The number of aromatic nitrogens is 5. The second-order valence-electron chi connectivity index (χ2n) is 7.19. The lowest BCUT2D eigenvalue weighted by Gasteiger charge is -2.05. The van der Waals surface area contributed by atoms with Gasteiger partial charge in [-0.25, -0.2) is 15.0 Å². The van der Waals surface area contributed by atoms with Crippen molar-refractivity contribution in [1.29, 1.82) is 0 Å². The zero-order chi connectivity index (χ0) is 20.7. The molecule has 0 bridgehead atoms. The smallest absolute Gasteiger partial charge is 0.220 e. The molecule has 5 rings (SSSR count). The van der Waals surface area contributed by atoms with Crippen LogP contribution >= 0.6 is 0 Å². The first-order valence-corrected chi connectivity index (χ1v) is 9.77. The van der Waals surface area contributed by atoms with Crippen LogP contribution < -0.4 is 11.5 Å². The standard InChI is InChI=1S/C23H21N7/c1-2-16-10-21(30-23(25)28-16)18-12-27-22-17(18)9-14(11-26-22)20-7-6-19(29-20)13-4-3-5-15(24)8-13/h3-12,29H,2,24H2,1H3,(H,26,27)(H2,25,28,30). The van der Waals surface area contributed by atoms with Gasteiger partial charge in [-0.2, -0.15) is 0 Å². The molecule has 4 heterocycles. The lowest BCUT2D eigenvalue weighted by Crippen LogP contribution is -2.00. The van der Waals surface area contributed by atoms with Crippen LogP contribution in [0, 0.1) is 0 Å². The fourth-order valence-electron chi connectivity index (χ4n) is 3.64. The van der Waals surface area contributed by atoms with Gasteiger partial charge in [0.15, 0.2) is 0 Å². The molecule has 148 valence electrons. The Bertz CT molecular complexity index is 1360. The number of pyridine rings is 1. The minimum Gasteiger partial charge on any atom is -0.399 e. The Hall–Kier alpha value is -4.13. The maximum Gasteiger partial charge on any atom is 0.220 e. The van der Waals surface area contributed by atoms with Crippen LogP contribution in [-0.2, 0) is 6.42 Å². The van der Waals surface area contributed by atoms with Crippen molar-refractivity contribution in [2.75, 3.05) is 11.5 Å². The number of nitrogens with one attached hydrogen (secondary N) is 2. The molecule has 0 aliphatic carbocycles. The summed E-state index contributed by atoms with van der Waals surface area (Å²) in [4.78, 5) is 20.0. The van der Waals surface area contributed by atoms with E-state index in [1.165, 1.54) is 0 Å². The van der Waals surface area contributed by atoms with Crippen molar-refractivity contribution >= 4 is 22.7 Å². The largest absolute Gasteiger partial charge is 0.399 e. The predicted octanol–water partition coefficient (Wildman–Crippen LogP) is 4.41. The van der Waals surface area contributed by atoms with E-state index in [-0.39, 0.29) is 5.95 Å². The van der Waals surface area contributed by atoms with Crippen molar-refractivity contribution in [3.63, 3.8) is 0 Å². The van der Waals surface area contributed by atoms with Crippen molar-refractivity contribution in [2.24, 2.45) is 0 Å². The van der Waals surface area contributed by atoms with Crippen molar-refractivity contribution < 1.29 is 0 Å². The highest BCUT2D eigenvalue weighted by molar-refractivity contribution is 5.95. The molecule has 6 N–H and O–H groups in total. The number of rotatable bonds is 4. The van der Waals surface area contributed by atoms with Crippen molar-refractivity contribution in [1.82, 2.24) is 24.9 Å². The molecule has 0 aliphatic rings. The Kier molecular flexibility index (Phi) is 4.21. The summed E-state index contributed by atoms with van der Waals surface area (Å²) >= 11 is 0. The van der Waals surface area contributed by atoms with E-state index in [2.05, 4.69) is 31.0 Å². The van der Waals surface area contributed by atoms with E-state index in [4.69, 9.17) is 11.5 Å². The Balaban J connectivity index is 1.58. The average Bonchev–Trinajstić information content (AvgIpc) is 3.40. The van der Waals surface area contributed by atoms with E-state index >= 15 is 0 Å². The average molecular weight is 395 g/mol. The number of hydrogen-bond acceptors (Lipinski definition) is 5. The van der Waals surface area contributed by atoms with E-state index < -0.39 is 0 Å². The van der Waals surface area contributed by atoms with Crippen LogP contribution in [0.25, 0.3) is 44.8 Å². The molecule has 0 spiro atoms. The number of H-pyrrole nitrogens is 2. The van der Waals surface area contributed by atoms with Crippen LogP contribution in [0.1, 0.15) is 12.6 Å². The van der Waals surface area contributed by atoms with Crippen LogP contribution in [0.3, 0.4) is 0 Å². The SMILES string of the molecule is CCc1cc(-c2c[nH]c3ncc(-c4ccc(-c5cccc(N)c5)[nH]4)cc23)nc(N)n1. The number of anilines is 2. The third-order valence-electron chi connectivity index (χ3n) is 5.16. The number of hydrogen-bond donors (Lipinski definition) is 4. The molecule has 0 fully saturated rings. The Labute approximate surface area is 173 Å². The normalized spacial score (nSPS) is 11.2. The van der Waals surface area contributed by atoms with Crippen LogP contribution in [0.2, 0.25) is 0 Å². The second-order valence-corrected chi connectivity index (χ2v) is 7.19. The van der Waals surface area contributed by atoms with E-state index in [9.17, 15) is 0 Å². The van der Waals surface area contributed by atoms with Gasteiger partial charge in [-0.15, -0.1) is 0 Å². The summed E-state index contributed by atoms with van der Waals surface area (Å²) in [5, 5.41) is 0.979. The van der Waals surface area contributed by atoms with Crippen molar-refractivity contribution in [3.05, 3.63) is 66.6 Å². The highest BCUT2D eigenvalue weighted by atomic mass is 15.0. The number of nitrogens with zero attached hydrogens (tertiary/aromatic N) is 3. The number of nitrogens with two attached hydrogens (primary N) is 2. The fourth-order valence-corrected chi connectivity index (χ4v) is 3.64. The first-order chi connectivity index (χ1) is 14.6. The van der Waals surface area contributed by atoms with Gasteiger partial charge in [0.1, 0.15) is 5.65 Å². The second kappa shape index (κ2) is 7.04. The number of benzene rings is 1. The monoisotopic (exact) mass is 395 g/mol. The molecule has 0 radical (unpaired) electrons. The molecule has 4 aromatic heterocycles. The molecular formula is C23H21N7. The summed E-state index contributed by atoms with van der Waals surface area (Å²) < 4.78 is 0. The van der Waals surface area contributed by atoms with E-state index in [1.54, 1.807) is 0 Å². The van der Waals surface area contributed by atoms with E-state index in [0.717, 1.165) is 62.6 Å². The molecule has 0 atom stereocenters. The molecule has 1 aromatic carbocycles. The lowest BCUT2D eigenvalue weighted by atomic mass is 10.1. The summed E-state index contributed by atoms with van der Waals surface area (Å²) in [6.45, 7) is 2.05. The first kappa shape index (κ1) is 17.9. The topological polar surface area (TPSA) is 122 Å². The molecule has 0 saturated heterocycles.